The summed E-state index contributed by atoms with van der Waals surface area (Å²) in [5, 5.41) is 3.21. The highest BCUT2D eigenvalue weighted by molar-refractivity contribution is 9.11. The average molecular weight is 288 g/mol. The van der Waals surface area contributed by atoms with Gasteiger partial charge in [0.15, 0.2) is 0 Å². The summed E-state index contributed by atoms with van der Waals surface area (Å²) in [4.78, 5) is 13.1. The van der Waals surface area contributed by atoms with Gasteiger partial charge in [0, 0.05) is 17.2 Å². The van der Waals surface area contributed by atoms with Crippen LogP contribution in [0.2, 0.25) is 0 Å². The molecule has 2 heterocycles. The van der Waals surface area contributed by atoms with Crippen molar-refractivity contribution in [3.63, 3.8) is 0 Å². The Morgan fingerprint density at radius 3 is 2.87 bits per heavy atom. The molecule has 2 rings (SSSR count). The highest BCUT2D eigenvalue weighted by Crippen LogP contribution is 2.25. The number of hydrogen-bond acceptors (Lipinski definition) is 3. The second-order valence-electron chi connectivity index (χ2n) is 4.06. The third-order valence-electron chi connectivity index (χ3n) is 3.01. The summed E-state index contributed by atoms with van der Waals surface area (Å²) in [6, 6.07) is 4.03. The highest BCUT2D eigenvalue weighted by Gasteiger charge is 2.28. The Bertz CT molecular complexity index is 359. The lowest BCUT2D eigenvalue weighted by Gasteiger charge is -2.31. The summed E-state index contributed by atoms with van der Waals surface area (Å²) in [7, 11) is 0. The Labute approximate surface area is 102 Å². The van der Waals surface area contributed by atoms with Crippen LogP contribution >= 0.6 is 27.3 Å². The largest absolute Gasteiger partial charge is 0.316 e. The van der Waals surface area contributed by atoms with Gasteiger partial charge < -0.3 is 5.32 Å². The first-order valence-corrected chi connectivity index (χ1v) is 6.75. The molecule has 1 aliphatic rings. The van der Waals surface area contributed by atoms with Crippen molar-refractivity contribution < 1.29 is 4.79 Å². The topological polar surface area (TPSA) is 29.1 Å². The number of rotatable bonds is 4. The highest BCUT2D eigenvalue weighted by atomic mass is 79.9. The summed E-state index contributed by atoms with van der Waals surface area (Å²) < 4.78 is 1.10. The molecule has 0 aromatic carbocycles. The van der Waals surface area contributed by atoms with Gasteiger partial charge in [-0.05, 0) is 47.1 Å². The molecule has 0 saturated carbocycles. The third kappa shape index (κ3) is 2.68. The fraction of sp³-hybridized carbons (Fsp3) is 0.545. The quantitative estimate of drug-likeness (QED) is 0.922. The van der Waals surface area contributed by atoms with E-state index in [-0.39, 0.29) is 5.92 Å². The molecule has 1 aromatic heterocycles. The van der Waals surface area contributed by atoms with Crippen LogP contribution in [0.4, 0.5) is 0 Å². The van der Waals surface area contributed by atoms with Crippen LogP contribution in [0.25, 0.3) is 0 Å². The van der Waals surface area contributed by atoms with E-state index >= 15 is 0 Å². The number of carbonyl (C=O) groups excluding carboxylic acids is 1. The Hall–Kier alpha value is -0.190. The average Bonchev–Trinajstić information content (AvgIpc) is 2.48. The van der Waals surface area contributed by atoms with E-state index in [9.17, 15) is 4.79 Å². The van der Waals surface area contributed by atoms with Gasteiger partial charge in [0.2, 0.25) is 0 Å². The summed E-state index contributed by atoms with van der Waals surface area (Å²) in [6.07, 6.45) is 0.591. The van der Waals surface area contributed by atoms with Gasteiger partial charge in [-0.15, -0.1) is 11.3 Å². The normalized spacial score (nSPS) is 18.5. The molecule has 15 heavy (non-hydrogen) atoms. The van der Waals surface area contributed by atoms with E-state index in [2.05, 4.69) is 28.2 Å². The SMILES string of the molecule is CC(C(=O)Cc1ccc(Br)s1)C1CNC1. The molecular formula is C11H14BrNOS. The van der Waals surface area contributed by atoms with Crippen molar-refractivity contribution in [2.75, 3.05) is 13.1 Å². The van der Waals surface area contributed by atoms with Crippen molar-refractivity contribution in [3.8, 4) is 0 Å². The number of hydrogen-bond donors (Lipinski definition) is 1. The van der Waals surface area contributed by atoms with Crippen LogP contribution in [-0.4, -0.2) is 18.9 Å². The molecule has 0 radical (unpaired) electrons. The van der Waals surface area contributed by atoms with Gasteiger partial charge in [0.05, 0.1) is 3.79 Å². The number of halogens is 1. The Morgan fingerprint density at radius 2 is 2.40 bits per heavy atom. The third-order valence-corrected chi connectivity index (χ3v) is 4.63. The van der Waals surface area contributed by atoms with E-state index < -0.39 is 0 Å². The predicted molar refractivity (Wildman–Crippen MR) is 66.3 cm³/mol. The van der Waals surface area contributed by atoms with Crippen LogP contribution in [0.1, 0.15) is 11.8 Å². The van der Waals surface area contributed by atoms with Gasteiger partial charge in [0.1, 0.15) is 5.78 Å². The zero-order valence-electron chi connectivity index (χ0n) is 8.63. The molecule has 1 aliphatic heterocycles. The molecule has 1 N–H and O–H groups in total. The number of carbonyl (C=O) groups is 1. The van der Waals surface area contributed by atoms with Crippen molar-refractivity contribution in [1.82, 2.24) is 5.32 Å². The minimum atomic E-state index is 0.201. The number of Topliss-reactive ketones (excluding diaryl/α,β-unsaturated/α-hetero) is 1. The first kappa shape index (κ1) is 11.3. The van der Waals surface area contributed by atoms with Crippen LogP contribution in [0.3, 0.4) is 0 Å². The van der Waals surface area contributed by atoms with E-state index in [1.807, 2.05) is 12.1 Å². The molecule has 1 saturated heterocycles. The van der Waals surface area contributed by atoms with Crippen molar-refractivity contribution >= 4 is 33.0 Å². The van der Waals surface area contributed by atoms with Gasteiger partial charge >= 0.3 is 0 Å². The van der Waals surface area contributed by atoms with E-state index in [4.69, 9.17) is 0 Å². The zero-order valence-corrected chi connectivity index (χ0v) is 11.0. The van der Waals surface area contributed by atoms with Crippen LogP contribution in [0, 0.1) is 11.8 Å². The van der Waals surface area contributed by atoms with E-state index in [1.165, 1.54) is 0 Å². The lowest BCUT2D eigenvalue weighted by Crippen LogP contribution is -2.47. The maximum Gasteiger partial charge on any atom is 0.141 e. The molecule has 0 bridgehead atoms. The molecule has 1 aromatic rings. The fourth-order valence-corrected chi connectivity index (χ4v) is 3.20. The summed E-state index contributed by atoms with van der Waals surface area (Å²) >= 11 is 5.06. The molecule has 1 atom stereocenters. The molecular weight excluding hydrogens is 274 g/mol. The first-order chi connectivity index (χ1) is 7.16. The van der Waals surface area contributed by atoms with Crippen molar-refractivity contribution in [2.45, 2.75) is 13.3 Å². The number of thiophene rings is 1. The van der Waals surface area contributed by atoms with Crippen molar-refractivity contribution in [3.05, 3.63) is 20.8 Å². The minimum absolute atomic E-state index is 0.201. The maximum atomic E-state index is 11.9. The predicted octanol–water partition coefficient (Wildman–Crippen LogP) is 2.48. The van der Waals surface area contributed by atoms with Crippen LogP contribution in [0.15, 0.2) is 15.9 Å². The van der Waals surface area contributed by atoms with E-state index in [0.29, 0.717) is 18.1 Å². The molecule has 1 unspecified atom stereocenters. The van der Waals surface area contributed by atoms with Gasteiger partial charge in [0.25, 0.3) is 0 Å². The van der Waals surface area contributed by atoms with Gasteiger partial charge in [-0.1, -0.05) is 6.92 Å². The second kappa shape index (κ2) is 4.76. The van der Waals surface area contributed by atoms with Gasteiger partial charge in [-0.25, -0.2) is 0 Å². The fourth-order valence-electron chi connectivity index (χ4n) is 1.71. The lowest BCUT2D eigenvalue weighted by molar-refractivity contribution is -0.123. The summed E-state index contributed by atoms with van der Waals surface area (Å²) in [6.45, 7) is 4.05. The molecule has 82 valence electrons. The monoisotopic (exact) mass is 287 g/mol. The standard InChI is InChI=1S/C11H14BrNOS/c1-7(8-5-13-6-8)10(14)4-9-2-3-11(12)15-9/h2-3,7-8,13H,4-6H2,1H3. The van der Waals surface area contributed by atoms with Crippen molar-refractivity contribution in [2.24, 2.45) is 11.8 Å². The first-order valence-electron chi connectivity index (χ1n) is 5.14. The smallest absolute Gasteiger partial charge is 0.141 e. The number of nitrogens with one attached hydrogen (secondary N) is 1. The van der Waals surface area contributed by atoms with Crippen molar-refractivity contribution in [1.29, 1.82) is 0 Å². The Kier molecular flexibility index (Phi) is 3.59. The van der Waals surface area contributed by atoms with E-state index in [1.54, 1.807) is 11.3 Å². The molecule has 2 nitrogen and oxygen atoms in total. The van der Waals surface area contributed by atoms with Crippen LogP contribution in [-0.2, 0) is 11.2 Å². The lowest BCUT2D eigenvalue weighted by atomic mass is 9.85. The van der Waals surface area contributed by atoms with Crippen LogP contribution < -0.4 is 5.32 Å². The zero-order chi connectivity index (χ0) is 10.8. The van der Waals surface area contributed by atoms with Gasteiger partial charge in [-0.2, -0.15) is 0 Å². The van der Waals surface area contributed by atoms with E-state index in [0.717, 1.165) is 21.8 Å². The maximum absolute atomic E-state index is 11.9. The van der Waals surface area contributed by atoms with Crippen LogP contribution in [0.5, 0.6) is 0 Å². The summed E-state index contributed by atoms with van der Waals surface area (Å²) in [5.41, 5.74) is 0. The van der Waals surface area contributed by atoms with Gasteiger partial charge in [-0.3, -0.25) is 4.79 Å². The summed E-state index contributed by atoms with van der Waals surface area (Å²) in [5.74, 6) is 1.13. The Balaban J connectivity index is 1.91. The minimum Gasteiger partial charge on any atom is -0.316 e. The molecule has 0 amide bonds. The molecule has 0 spiro atoms. The number of ketones is 1. The molecule has 1 fully saturated rings. The second-order valence-corrected chi connectivity index (χ2v) is 6.60. The molecule has 4 heteroatoms. The Morgan fingerprint density at radius 1 is 1.67 bits per heavy atom. The molecule has 0 aliphatic carbocycles.